The van der Waals surface area contributed by atoms with E-state index in [9.17, 15) is 5.11 Å². The lowest BCUT2D eigenvalue weighted by atomic mass is 9.89. The summed E-state index contributed by atoms with van der Waals surface area (Å²) < 4.78 is 1.88. The van der Waals surface area contributed by atoms with Crippen LogP contribution in [0, 0.1) is 0 Å². The molecule has 1 aromatic rings. The number of rotatable bonds is 3. The van der Waals surface area contributed by atoms with Gasteiger partial charge >= 0.3 is 0 Å². The van der Waals surface area contributed by atoms with E-state index in [-0.39, 0.29) is 6.04 Å². The molecule has 5 nitrogen and oxygen atoms in total. The second kappa shape index (κ2) is 4.07. The van der Waals surface area contributed by atoms with Crippen molar-refractivity contribution < 1.29 is 5.11 Å². The Morgan fingerprint density at radius 1 is 1.53 bits per heavy atom. The molecule has 0 aliphatic carbocycles. The highest BCUT2D eigenvalue weighted by Gasteiger charge is 2.50. The van der Waals surface area contributed by atoms with Crippen LogP contribution in [-0.2, 0) is 12.1 Å². The average molecular weight is 236 g/mol. The Morgan fingerprint density at radius 3 is 3.24 bits per heavy atom. The van der Waals surface area contributed by atoms with Crippen LogP contribution in [-0.4, -0.2) is 44.1 Å². The lowest BCUT2D eigenvalue weighted by molar-refractivity contribution is 0.00107. The quantitative estimate of drug-likeness (QED) is 0.841. The van der Waals surface area contributed by atoms with Crippen molar-refractivity contribution in [2.75, 3.05) is 13.1 Å². The lowest BCUT2D eigenvalue weighted by Gasteiger charge is -2.29. The maximum atomic E-state index is 11.0. The summed E-state index contributed by atoms with van der Waals surface area (Å²) in [6.45, 7) is 5.08. The summed E-state index contributed by atoms with van der Waals surface area (Å²) in [7, 11) is 0. The average Bonchev–Trinajstić information content (AvgIpc) is 2.98. The zero-order valence-corrected chi connectivity index (χ0v) is 10.3. The number of nitrogens with zero attached hydrogens (tertiary/aromatic N) is 4. The Morgan fingerprint density at radius 2 is 2.41 bits per heavy atom. The smallest absolute Gasteiger partial charge is 0.124 e. The van der Waals surface area contributed by atoms with Gasteiger partial charge in [0.1, 0.15) is 5.60 Å². The maximum Gasteiger partial charge on any atom is 0.124 e. The molecule has 0 bridgehead atoms. The molecule has 2 aliphatic rings. The Bertz CT molecular complexity index is 405. The molecule has 0 radical (unpaired) electrons. The van der Waals surface area contributed by atoms with Crippen molar-refractivity contribution in [2.45, 2.75) is 50.8 Å². The van der Waals surface area contributed by atoms with Gasteiger partial charge in [-0.25, -0.2) is 4.68 Å². The minimum absolute atomic E-state index is 0.275. The van der Waals surface area contributed by atoms with Gasteiger partial charge in [0.2, 0.25) is 0 Å². The van der Waals surface area contributed by atoms with Crippen LogP contribution < -0.4 is 0 Å². The first kappa shape index (κ1) is 11.2. The summed E-state index contributed by atoms with van der Waals surface area (Å²) in [6.07, 6.45) is 5.86. The second-order valence-corrected chi connectivity index (χ2v) is 5.21. The van der Waals surface area contributed by atoms with Gasteiger partial charge in [-0.15, -0.1) is 5.10 Å². The first-order valence-corrected chi connectivity index (χ1v) is 6.61. The SMILES string of the molecule is CCCn1nncc1C1(O)CCN2CCCC21. The van der Waals surface area contributed by atoms with Crippen LogP contribution in [0.15, 0.2) is 6.20 Å². The van der Waals surface area contributed by atoms with E-state index in [0.717, 1.165) is 44.6 Å². The van der Waals surface area contributed by atoms with Gasteiger partial charge in [0, 0.05) is 19.1 Å². The van der Waals surface area contributed by atoms with Crippen LogP contribution in [0.4, 0.5) is 0 Å². The Labute approximate surface area is 101 Å². The number of fused-ring (bicyclic) bond motifs is 1. The van der Waals surface area contributed by atoms with Crippen molar-refractivity contribution in [3.8, 4) is 0 Å². The van der Waals surface area contributed by atoms with Gasteiger partial charge in [-0.3, -0.25) is 4.90 Å². The molecule has 2 aliphatic heterocycles. The monoisotopic (exact) mass is 236 g/mol. The molecule has 3 heterocycles. The van der Waals surface area contributed by atoms with Gasteiger partial charge in [-0.1, -0.05) is 12.1 Å². The van der Waals surface area contributed by atoms with Crippen molar-refractivity contribution >= 4 is 0 Å². The molecule has 1 aromatic heterocycles. The third-order valence-electron chi connectivity index (χ3n) is 4.19. The first-order chi connectivity index (χ1) is 8.25. The predicted octanol–water partition coefficient (Wildman–Crippen LogP) is 0.744. The minimum Gasteiger partial charge on any atom is -0.382 e. The molecule has 2 fully saturated rings. The third-order valence-corrected chi connectivity index (χ3v) is 4.19. The fourth-order valence-electron chi connectivity index (χ4n) is 3.38. The molecule has 2 atom stereocenters. The molecule has 0 aromatic carbocycles. The summed E-state index contributed by atoms with van der Waals surface area (Å²) in [5, 5.41) is 19.1. The molecule has 2 unspecified atom stereocenters. The maximum absolute atomic E-state index is 11.0. The van der Waals surface area contributed by atoms with Crippen molar-refractivity contribution in [1.82, 2.24) is 19.9 Å². The highest BCUT2D eigenvalue weighted by Crippen LogP contribution is 2.42. The fraction of sp³-hybridized carbons (Fsp3) is 0.833. The number of hydrogen-bond acceptors (Lipinski definition) is 4. The first-order valence-electron chi connectivity index (χ1n) is 6.61. The molecule has 5 heteroatoms. The van der Waals surface area contributed by atoms with E-state index in [1.54, 1.807) is 6.20 Å². The topological polar surface area (TPSA) is 54.2 Å². The van der Waals surface area contributed by atoms with Gasteiger partial charge in [0.15, 0.2) is 0 Å². The minimum atomic E-state index is -0.727. The van der Waals surface area contributed by atoms with Crippen LogP contribution in [0.2, 0.25) is 0 Å². The summed E-state index contributed by atoms with van der Waals surface area (Å²) in [4.78, 5) is 2.41. The number of aromatic nitrogens is 3. The van der Waals surface area contributed by atoms with Crippen LogP contribution in [0.1, 0.15) is 38.3 Å². The van der Waals surface area contributed by atoms with E-state index in [0.29, 0.717) is 0 Å². The highest BCUT2D eigenvalue weighted by atomic mass is 16.3. The molecule has 17 heavy (non-hydrogen) atoms. The van der Waals surface area contributed by atoms with E-state index in [2.05, 4.69) is 22.1 Å². The van der Waals surface area contributed by atoms with E-state index in [1.165, 1.54) is 6.42 Å². The lowest BCUT2D eigenvalue weighted by Crippen LogP contribution is -2.40. The molecule has 3 rings (SSSR count). The molecule has 0 amide bonds. The zero-order valence-electron chi connectivity index (χ0n) is 10.3. The predicted molar refractivity (Wildman–Crippen MR) is 63.4 cm³/mol. The number of hydrogen-bond donors (Lipinski definition) is 1. The van der Waals surface area contributed by atoms with Crippen molar-refractivity contribution in [1.29, 1.82) is 0 Å². The molecule has 0 spiro atoms. The summed E-state index contributed by atoms with van der Waals surface area (Å²) >= 11 is 0. The molecular weight excluding hydrogens is 216 g/mol. The number of aliphatic hydroxyl groups is 1. The Hall–Kier alpha value is -0.940. The Kier molecular flexibility index (Phi) is 2.67. The molecule has 0 saturated carbocycles. The van der Waals surface area contributed by atoms with Crippen LogP contribution >= 0.6 is 0 Å². The van der Waals surface area contributed by atoms with Crippen LogP contribution in [0.25, 0.3) is 0 Å². The van der Waals surface area contributed by atoms with Gasteiger partial charge in [0.05, 0.1) is 11.9 Å². The van der Waals surface area contributed by atoms with Crippen molar-refractivity contribution in [3.63, 3.8) is 0 Å². The molecule has 94 valence electrons. The number of aryl methyl sites for hydroxylation is 1. The molecule has 2 saturated heterocycles. The zero-order chi connectivity index (χ0) is 11.9. The van der Waals surface area contributed by atoms with Crippen molar-refractivity contribution in [2.24, 2.45) is 0 Å². The van der Waals surface area contributed by atoms with Gasteiger partial charge < -0.3 is 5.11 Å². The standard InChI is InChI=1S/C12H20N4O/c1-2-6-16-11(9-13-14-16)12(17)5-8-15-7-3-4-10(12)15/h9-10,17H,2-8H2,1H3. The van der Waals surface area contributed by atoms with E-state index in [1.807, 2.05) is 4.68 Å². The van der Waals surface area contributed by atoms with Gasteiger partial charge in [-0.2, -0.15) is 0 Å². The Balaban J connectivity index is 1.93. The second-order valence-electron chi connectivity index (χ2n) is 5.21. The van der Waals surface area contributed by atoms with E-state index >= 15 is 0 Å². The molecular formula is C12H20N4O. The van der Waals surface area contributed by atoms with Crippen LogP contribution in [0.5, 0.6) is 0 Å². The van der Waals surface area contributed by atoms with E-state index in [4.69, 9.17) is 0 Å². The van der Waals surface area contributed by atoms with Gasteiger partial charge in [-0.05, 0) is 32.2 Å². The molecule has 1 N–H and O–H groups in total. The van der Waals surface area contributed by atoms with Gasteiger partial charge in [0.25, 0.3) is 0 Å². The van der Waals surface area contributed by atoms with Crippen molar-refractivity contribution in [3.05, 3.63) is 11.9 Å². The summed E-state index contributed by atoms with van der Waals surface area (Å²) in [6, 6.07) is 0.275. The summed E-state index contributed by atoms with van der Waals surface area (Å²) in [5.41, 5.74) is 0.184. The summed E-state index contributed by atoms with van der Waals surface area (Å²) in [5.74, 6) is 0. The largest absolute Gasteiger partial charge is 0.382 e. The third kappa shape index (κ3) is 1.60. The van der Waals surface area contributed by atoms with E-state index < -0.39 is 5.60 Å². The fourth-order valence-corrected chi connectivity index (χ4v) is 3.38. The van der Waals surface area contributed by atoms with Crippen LogP contribution in [0.3, 0.4) is 0 Å². The normalized spacial score (nSPS) is 33.2. The highest BCUT2D eigenvalue weighted by molar-refractivity contribution is 5.17.